The van der Waals surface area contributed by atoms with Gasteiger partial charge >= 0.3 is 6.36 Å². The van der Waals surface area contributed by atoms with Crippen LogP contribution in [0.2, 0.25) is 0 Å². The van der Waals surface area contributed by atoms with Crippen molar-refractivity contribution in [1.82, 2.24) is 19.6 Å². The molecular formula is C19H15F3N6O2. The van der Waals surface area contributed by atoms with E-state index in [0.717, 1.165) is 0 Å². The van der Waals surface area contributed by atoms with Gasteiger partial charge in [0.2, 0.25) is 11.9 Å². The molecule has 0 aliphatic rings. The predicted octanol–water partition coefficient (Wildman–Crippen LogP) is 3.13. The van der Waals surface area contributed by atoms with Crippen molar-refractivity contribution < 1.29 is 22.7 Å². The van der Waals surface area contributed by atoms with Crippen LogP contribution in [-0.2, 0) is 4.79 Å². The topological polar surface area (TPSA) is 107 Å². The number of fused-ring (bicyclic) bond motifs is 3. The van der Waals surface area contributed by atoms with E-state index in [2.05, 4.69) is 25.1 Å². The number of halogens is 3. The third-order valence-electron chi connectivity index (χ3n) is 4.28. The third kappa shape index (κ3) is 3.81. The van der Waals surface area contributed by atoms with Crippen LogP contribution in [0, 0.1) is 0 Å². The summed E-state index contributed by atoms with van der Waals surface area (Å²) in [4.78, 5) is 20.4. The first-order valence-electron chi connectivity index (χ1n) is 8.79. The summed E-state index contributed by atoms with van der Waals surface area (Å²) in [5.41, 5.74) is 6.65. The van der Waals surface area contributed by atoms with Crippen LogP contribution in [0.15, 0.2) is 48.5 Å². The van der Waals surface area contributed by atoms with Gasteiger partial charge in [-0.15, -0.1) is 18.3 Å². The number of hydrogen-bond donors (Lipinski definition) is 2. The highest BCUT2D eigenvalue weighted by atomic mass is 19.4. The predicted molar refractivity (Wildman–Crippen MR) is 103 cm³/mol. The summed E-state index contributed by atoms with van der Waals surface area (Å²) in [6, 6.07) is 11.8. The van der Waals surface area contributed by atoms with Crippen LogP contribution in [0.4, 0.5) is 19.1 Å². The molecule has 0 aliphatic carbocycles. The van der Waals surface area contributed by atoms with Gasteiger partial charge in [-0.05, 0) is 31.2 Å². The zero-order valence-corrected chi connectivity index (χ0v) is 15.5. The molecule has 2 aromatic carbocycles. The van der Waals surface area contributed by atoms with Crippen LogP contribution in [-0.4, -0.2) is 37.9 Å². The van der Waals surface area contributed by atoms with E-state index in [1.165, 1.54) is 22.7 Å². The Morgan fingerprint density at radius 3 is 2.67 bits per heavy atom. The van der Waals surface area contributed by atoms with Crippen molar-refractivity contribution in [2.24, 2.45) is 5.73 Å². The molecule has 2 aromatic heterocycles. The molecule has 154 valence electrons. The lowest BCUT2D eigenvalue weighted by atomic mass is 10.2. The van der Waals surface area contributed by atoms with Gasteiger partial charge in [-0.25, -0.2) is 9.97 Å². The van der Waals surface area contributed by atoms with Gasteiger partial charge in [0, 0.05) is 10.9 Å². The van der Waals surface area contributed by atoms with Crippen molar-refractivity contribution >= 4 is 28.4 Å². The fourth-order valence-electron chi connectivity index (χ4n) is 2.87. The molecule has 2 heterocycles. The van der Waals surface area contributed by atoms with Gasteiger partial charge < -0.3 is 15.8 Å². The molecule has 11 heteroatoms. The number of nitrogens with zero attached hydrogens (tertiary/aromatic N) is 4. The van der Waals surface area contributed by atoms with Gasteiger partial charge in [0.15, 0.2) is 11.5 Å². The molecule has 0 spiro atoms. The summed E-state index contributed by atoms with van der Waals surface area (Å²) in [6.45, 7) is 1.57. The second kappa shape index (κ2) is 7.17. The number of ether oxygens (including phenoxy) is 1. The largest absolute Gasteiger partial charge is 0.573 e. The Bertz CT molecular complexity index is 1250. The maximum atomic E-state index is 12.5. The zero-order valence-electron chi connectivity index (χ0n) is 15.5. The Balaban J connectivity index is 1.86. The van der Waals surface area contributed by atoms with Gasteiger partial charge in [-0.3, -0.25) is 4.79 Å². The molecule has 0 fully saturated rings. The lowest BCUT2D eigenvalue weighted by Crippen LogP contribution is -2.33. The number of carbonyl (C=O) groups is 1. The number of benzene rings is 2. The maximum absolute atomic E-state index is 12.5. The van der Waals surface area contributed by atoms with Gasteiger partial charge in [-0.1, -0.05) is 24.3 Å². The van der Waals surface area contributed by atoms with Crippen molar-refractivity contribution in [3.63, 3.8) is 0 Å². The standard InChI is InChI=1S/C19H15F3N6O2/c1-10(15(23)29)24-18-25-14-8-3-2-7-13(14)17-26-16(27-28(17)18)11-5-4-6-12(9-11)30-19(20,21)22/h2-10H,1H3,(H2,23,29)(H,24,25)/t10-/m1/s1. The Kier molecular flexibility index (Phi) is 4.65. The normalized spacial score (nSPS) is 12.8. The number of para-hydroxylation sites is 1. The number of alkyl halides is 3. The van der Waals surface area contributed by atoms with E-state index in [1.54, 1.807) is 37.3 Å². The second-order valence-corrected chi connectivity index (χ2v) is 6.47. The number of carbonyl (C=O) groups excluding carboxylic acids is 1. The number of aromatic nitrogens is 4. The lowest BCUT2D eigenvalue weighted by Gasteiger charge is -2.12. The number of hydrogen-bond acceptors (Lipinski definition) is 6. The number of rotatable bonds is 5. The van der Waals surface area contributed by atoms with Crippen LogP contribution in [0.25, 0.3) is 27.9 Å². The SMILES string of the molecule is C[C@@H](Nc1nc2ccccc2c2nc(-c3cccc(OC(F)(F)F)c3)nn12)C(N)=O. The van der Waals surface area contributed by atoms with Crippen molar-refractivity contribution in [1.29, 1.82) is 0 Å². The fraction of sp³-hybridized carbons (Fsp3) is 0.158. The van der Waals surface area contributed by atoms with Crippen molar-refractivity contribution in [3.05, 3.63) is 48.5 Å². The molecule has 4 rings (SSSR count). The number of anilines is 1. The van der Waals surface area contributed by atoms with Crippen LogP contribution in [0.1, 0.15) is 6.92 Å². The molecule has 0 bridgehead atoms. The highest BCUT2D eigenvalue weighted by molar-refractivity contribution is 5.93. The Hall–Kier alpha value is -3.89. The quantitative estimate of drug-likeness (QED) is 0.518. The van der Waals surface area contributed by atoms with Crippen molar-refractivity contribution in [2.45, 2.75) is 19.3 Å². The first-order valence-corrected chi connectivity index (χ1v) is 8.79. The molecule has 0 unspecified atom stereocenters. The number of amides is 1. The van der Waals surface area contributed by atoms with E-state index in [1.807, 2.05) is 0 Å². The summed E-state index contributed by atoms with van der Waals surface area (Å²) in [5, 5.41) is 7.94. The molecule has 4 aromatic rings. The molecule has 1 atom stereocenters. The lowest BCUT2D eigenvalue weighted by molar-refractivity contribution is -0.274. The summed E-state index contributed by atoms with van der Waals surface area (Å²) >= 11 is 0. The smallest absolute Gasteiger partial charge is 0.406 e. The first-order chi connectivity index (χ1) is 14.2. The van der Waals surface area contributed by atoms with Gasteiger partial charge in [-0.2, -0.15) is 4.52 Å². The fourth-order valence-corrected chi connectivity index (χ4v) is 2.87. The summed E-state index contributed by atoms with van der Waals surface area (Å²) in [6.07, 6.45) is -4.81. The van der Waals surface area contributed by atoms with Gasteiger partial charge in [0.1, 0.15) is 11.8 Å². The van der Waals surface area contributed by atoms with E-state index in [4.69, 9.17) is 5.73 Å². The molecule has 0 saturated carbocycles. The highest BCUT2D eigenvalue weighted by Crippen LogP contribution is 2.28. The minimum atomic E-state index is -4.81. The first kappa shape index (κ1) is 19.4. The number of nitrogens with one attached hydrogen (secondary N) is 1. The monoisotopic (exact) mass is 416 g/mol. The van der Waals surface area contributed by atoms with Crippen LogP contribution in [0.5, 0.6) is 5.75 Å². The van der Waals surface area contributed by atoms with E-state index in [0.29, 0.717) is 22.1 Å². The maximum Gasteiger partial charge on any atom is 0.573 e. The molecular weight excluding hydrogens is 401 g/mol. The summed E-state index contributed by atoms with van der Waals surface area (Å²) in [5.74, 6) is -0.593. The molecule has 8 nitrogen and oxygen atoms in total. The van der Waals surface area contributed by atoms with E-state index >= 15 is 0 Å². The average Bonchev–Trinajstić information content (AvgIpc) is 3.13. The van der Waals surface area contributed by atoms with E-state index in [-0.39, 0.29) is 17.5 Å². The van der Waals surface area contributed by atoms with Crippen LogP contribution < -0.4 is 15.8 Å². The van der Waals surface area contributed by atoms with Crippen LogP contribution >= 0.6 is 0 Å². The average molecular weight is 416 g/mol. The van der Waals surface area contributed by atoms with Crippen LogP contribution in [0.3, 0.4) is 0 Å². The van der Waals surface area contributed by atoms with Crippen molar-refractivity contribution in [2.75, 3.05) is 5.32 Å². The van der Waals surface area contributed by atoms with Gasteiger partial charge in [0.05, 0.1) is 5.52 Å². The highest BCUT2D eigenvalue weighted by Gasteiger charge is 2.31. The minimum Gasteiger partial charge on any atom is -0.406 e. The molecule has 3 N–H and O–H groups in total. The Morgan fingerprint density at radius 1 is 1.17 bits per heavy atom. The summed E-state index contributed by atoms with van der Waals surface area (Å²) in [7, 11) is 0. The minimum absolute atomic E-state index is 0.163. The molecule has 0 saturated heterocycles. The number of nitrogens with two attached hydrogens (primary N) is 1. The van der Waals surface area contributed by atoms with Crippen molar-refractivity contribution in [3.8, 4) is 17.1 Å². The molecule has 1 amide bonds. The molecule has 0 aliphatic heterocycles. The Labute approximate surface area is 167 Å². The summed E-state index contributed by atoms with van der Waals surface area (Å²) < 4.78 is 43.0. The molecule has 0 radical (unpaired) electrons. The van der Waals surface area contributed by atoms with E-state index in [9.17, 15) is 18.0 Å². The molecule has 30 heavy (non-hydrogen) atoms. The third-order valence-corrected chi connectivity index (χ3v) is 4.28. The van der Waals surface area contributed by atoms with Gasteiger partial charge in [0.25, 0.3) is 0 Å². The second-order valence-electron chi connectivity index (χ2n) is 6.47. The Morgan fingerprint density at radius 2 is 1.93 bits per heavy atom. The number of primary amides is 1. The van der Waals surface area contributed by atoms with E-state index < -0.39 is 18.3 Å². The zero-order chi connectivity index (χ0) is 21.5.